The number of thiophene rings is 1. The van der Waals surface area contributed by atoms with Gasteiger partial charge in [0.2, 0.25) is 0 Å². The van der Waals surface area contributed by atoms with E-state index in [1.165, 1.54) is 44.5 Å². The molecule has 1 aromatic heterocycles. The lowest BCUT2D eigenvalue weighted by molar-refractivity contribution is 0.149. The van der Waals surface area contributed by atoms with Crippen molar-refractivity contribution in [1.29, 1.82) is 0 Å². The van der Waals surface area contributed by atoms with Crippen molar-refractivity contribution in [2.75, 3.05) is 26.2 Å². The molecule has 1 aliphatic heterocycles. The van der Waals surface area contributed by atoms with Gasteiger partial charge in [-0.25, -0.2) is 0 Å². The van der Waals surface area contributed by atoms with E-state index >= 15 is 0 Å². The zero-order valence-corrected chi connectivity index (χ0v) is 10.6. The lowest BCUT2D eigenvalue weighted by atomic mass is 9.95. The average molecular weight is 239 g/mol. The third kappa shape index (κ3) is 3.58. The smallest absolute Gasteiger partial charge is 0.0434 e. The maximum absolute atomic E-state index is 8.97. The van der Waals surface area contributed by atoms with E-state index in [1.807, 2.05) is 0 Å². The summed E-state index contributed by atoms with van der Waals surface area (Å²) in [6.45, 7) is 3.96. The molecule has 2 nitrogen and oxygen atoms in total. The van der Waals surface area contributed by atoms with E-state index in [0.717, 1.165) is 12.3 Å². The highest BCUT2D eigenvalue weighted by Crippen LogP contribution is 2.19. The summed E-state index contributed by atoms with van der Waals surface area (Å²) in [7, 11) is 0. The van der Waals surface area contributed by atoms with Gasteiger partial charge in [-0.3, -0.25) is 0 Å². The van der Waals surface area contributed by atoms with Gasteiger partial charge in [-0.15, -0.1) is 0 Å². The van der Waals surface area contributed by atoms with Crippen LogP contribution in [0, 0.1) is 5.92 Å². The summed E-state index contributed by atoms with van der Waals surface area (Å²) < 4.78 is 0. The Hall–Kier alpha value is -0.380. The molecular formula is C13H21NOS. The van der Waals surface area contributed by atoms with E-state index in [4.69, 9.17) is 5.11 Å². The van der Waals surface area contributed by atoms with Crippen molar-refractivity contribution in [3.05, 3.63) is 22.4 Å². The molecule has 1 fully saturated rings. The fourth-order valence-electron chi connectivity index (χ4n) is 2.49. The second kappa shape index (κ2) is 6.38. The van der Waals surface area contributed by atoms with Crippen molar-refractivity contribution in [3.8, 4) is 0 Å². The molecule has 0 bridgehead atoms. The molecule has 0 saturated carbocycles. The molecule has 0 aromatic carbocycles. The molecule has 1 aliphatic rings. The number of piperidine rings is 1. The highest BCUT2D eigenvalue weighted by atomic mass is 32.1. The number of aliphatic hydroxyl groups is 1. The van der Waals surface area contributed by atoms with Crippen molar-refractivity contribution >= 4 is 11.3 Å². The lowest BCUT2D eigenvalue weighted by Crippen LogP contribution is -2.37. The maximum Gasteiger partial charge on any atom is 0.0434 e. The average Bonchev–Trinajstić information content (AvgIpc) is 2.80. The van der Waals surface area contributed by atoms with Gasteiger partial charge in [0.15, 0.2) is 0 Å². The number of likely N-dealkylation sites (tertiary alicyclic amines) is 1. The first-order chi connectivity index (χ1) is 7.88. The van der Waals surface area contributed by atoms with Gasteiger partial charge in [-0.1, -0.05) is 0 Å². The van der Waals surface area contributed by atoms with Crippen LogP contribution in [0.4, 0.5) is 0 Å². The van der Waals surface area contributed by atoms with Crippen LogP contribution in [0.25, 0.3) is 0 Å². The van der Waals surface area contributed by atoms with Crippen molar-refractivity contribution in [2.45, 2.75) is 25.7 Å². The lowest BCUT2D eigenvalue weighted by Gasteiger charge is -2.32. The third-order valence-electron chi connectivity index (χ3n) is 3.44. The van der Waals surface area contributed by atoms with Crippen molar-refractivity contribution in [3.63, 3.8) is 0 Å². The Labute approximate surface area is 102 Å². The zero-order valence-electron chi connectivity index (χ0n) is 9.77. The molecule has 1 aromatic rings. The third-order valence-corrected chi connectivity index (χ3v) is 4.17. The Morgan fingerprint density at radius 3 is 3.19 bits per heavy atom. The molecule has 1 unspecified atom stereocenters. The Bertz CT molecular complexity index is 284. The van der Waals surface area contributed by atoms with Gasteiger partial charge >= 0.3 is 0 Å². The van der Waals surface area contributed by atoms with Crippen LogP contribution < -0.4 is 0 Å². The van der Waals surface area contributed by atoms with E-state index in [0.29, 0.717) is 6.61 Å². The van der Waals surface area contributed by atoms with E-state index < -0.39 is 0 Å². The van der Waals surface area contributed by atoms with E-state index in [9.17, 15) is 0 Å². The first-order valence-electron chi connectivity index (χ1n) is 6.23. The van der Waals surface area contributed by atoms with Gasteiger partial charge in [-0.2, -0.15) is 11.3 Å². The first kappa shape index (κ1) is 12.1. The Morgan fingerprint density at radius 2 is 2.44 bits per heavy atom. The van der Waals surface area contributed by atoms with Crippen LogP contribution in [0.5, 0.6) is 0 Å². The number of hydrogen-bond acceptors (Lipinski definition) is 3. The number of hydrogen-bond donors (Lipinski definition) is 1. The minimum Gasteiger partial charge on any atom is -0.396 e. The van der Waals surface area contributed by atoms with Gasteiger partial charge in [0.25, 0.3) is 0 Å². The van der Waals surface area contributed by atoms with E-state index in [1.54, 1.807) is 11.3 Å². The monoisotopic (exact) mass is 239 g/mol. The zero-order chi connectivity index (χ0) is 11.2. The highest BCUT2D eigenvalue weighted by Gasteiger charge is 2.18. The molecule has 0 aliphatic carbocycles. The molecule has 16 heavy (non-hydrogen) atoms. The maximum atomic E-state index is 8.97. The molecule has 90 valence electrons. The Kier molecular flexibility index (Phi) is 4.82. The van der Waals surface area contributed by atoms with Crippen LogP contribution in [-0.4, -0.2) is 36.2 Å². The molecule has 2 heterocycles. The van der Waals surface area contributed by atoms with Gasteiger partial charge in [0, 0.05) is 19.7 Å². The minimum absolute atomic E-state index is 0.350. The van der Waals surface area contributed by atoms with E-state index in [2.05, 4.69) is 21.7 Å². The van der Waals surface area contributed by atoms with Gasteiger partial charge < -0.3 is 10.0 Å². The quantitative estimate of drug-likeness (QED) is 0.853. The molecule has 1 atom stereocenters. The summed E-state index contributed by atoms with van der Waals surface area (Å²) >= 11 is 1.78. The number of nitrogens with zero attached hydrogens (tertiary/aromatic N) is 1. The fraction of sp³-hybridized carbons (Fsp3) is 0.692. The van der Waals surface area contributed by atoms with Gasteiger partial charge in [0.05, 0.1) is 0 Å². The summed E-state index contributed by atoms with van der Waals surface area (Å²) in [5.41, 5.74) is 1.47. The molecule has 0 radical (unpaired) electrons. The summed E-state index contributed by atoms with van der Waals surface area (Å²) in [6.07, 6.45) is 4.76. The minimum atomic E-state index is 0.350. The standard InChI is InChI=1S/C13H21NOS/c15-8-4-12-2-1-6-14(10-12)7-3-13-5-9-16-11-13/h5,9,11-12,15H,1-4,6-8,10H2. The predicted octanol–water partition coefficient (Wildman–Crippen LogP) is 2.39. The fourth-order valence-corrected chi connectivity index (χ4v) is 3.20. The van der Waals surface area contributed by atoms with Crippen LogP contribution in [0.15, 0.2) is 16.8 Å². The van der Waals surface area contributed by atoms with Crippen LogP contribution in [0.3, 0.4) is 0 Å². The second-order valence-electron chi connectivity index (χ2n) is 4.70. The molecule has 0 amide bonds. The Morgan fingerprint density at radius 1 is 1.50 bits per heavy atom. The Balaban J connectivity index is 1.72. The largest absolute Gasteiger partial charge is 0.396 e. The molecular weight excluding hydrogens is 218 g/mol. The van der Waals surface area contributed by atoms with Crippen LogP contribution >= 0.6 is 11.3 Å². The highest BCUT2D eigenvalue weighted by molar-refractivity contribution is 7.07. The normalized spacial score (nSPS) is 22.4. The summed E-state index contributed by atoms with van der Waals surface area (Å²) in [5.74, 6) is 0.723. The molecule has 2 rings (SSSR count). The molecule has 0 spiro atoms. The van der Waals surface area contributed by atoms with Gasteiger partial charge in [-0.05, 0) is 60.5 Å². The summed E-state index contributed by atoms with van der Waals surface area (Å²) in [5, 5.41) is 13.4. The SMILES string of the molecule is OCCC1CCCN(CCc2ccsc2)C1. The first-order valence-corrected chi connectivity index (χ1v) is 7.17. The molecule has 3 heteroatoms. The summed E-state index contributed by atoms with van der Waals surface area (Å²) in [4.78, 5) is 2.56. The number of rotatable bonds is 5. The van der Waals surface area contributed by atoms with Gasteiger partial charge in [0.1, 0.15) is 0 Å². The van der Waals surface area contributed by atoms with Crippen LogP contribution in [0.1, 0.15) is 24.8 Å². The summed E-state index contributed by atoms with van der Waals surface area (Å²) in [6, 6.07) is 2.22. The van der Waals surface area contributed by atoms with Crippen molar-refractivity contribution in [2.24, 2.45) is 5.92 Å². The topological polar surface area (TPSA) is 23.5 Å². The van der Waals surface area contributed by atoms with Crippen molar-refractivity contribution < 1.29 is 5.11 Å². The molecule has 1 saturated heterocycles. The van der Waals surface area contributed by atoms with E-state index in [-0.39, 0.29) is 0 Å². The number of aliphatic hydroxyl groups excluding tert-OH is 1. The second-order valence-corrected chi connectivity index (χ2v) is 5.48. The predicted molar refractivity (Wildman–Crippen MR) is 68.9 cm³/mol. The van der Waals surface area contributed by atoms with Crippen molar-refractivity contribution in [1.82, 2.24) is 4.90 Å². The van der Waals surface area contributed by atoms with Crippen LogP contribution in [-0.2, 0) is 6.42 Å². The van der Waals surface area contributed by atoms with Crippen LogP contribution in [0.2, 0.25) is 0 Å². The molecule has 1 N–H and O–H groups in total.